The second-order valence-corrected chi connectivity index (χ2v) is 6.19. The van der Waals surface area contributed by atoms with Crippen LogP contribution in [-0.4, -0.2) is 29.3 Å². The number of likely N-dealkylation sites (tertiary alicyclic amines) is 1. The second kappa shape index (κ2) is 4.34. The molecule has 1 aliphatic carbocycles. The summed E-state index contributed by atoms with van der Waals surface area (Å²) in [5, 5.41) is 0. The SMILES string of the molecule is Cc1cccc(C(=O)N2C[C@H]3C[C@H]3[C@H]2C(N)=O)c1Br. The molecule has 2 aliphatic rings. The molecule has 3 atom stereocenters. The Morgan fingerprint density at radius 1 is 1.42 bits per heavy atom. The number of rotatable bonds is 2. The number of piperidine rings is 1. The molecule has 1 heterocycles. The van der Waals surface area contributed by atoms with Gasteiger partial charge < -0.3 is 10.6 Å². The van der Waals surface area contributed by atoms with Crippen molar-refractivity contribution in [1.82, 2.24) is 4.90 Å². The summed E-state index contributed by atoms with van der Waals surface area (Å²) in [6.45, 7) is 2.59. The maximum Gasteiger partial charge on any atom is 0.255 e. The van der Waals surface area contributed by atoms with Crippen molar-refractivity contribution in [3.63, 3.8) is 0 Å². The highest BCUT2D eigenvalue weighted by Gasteiger charge is 2.56. The molecule has 0 spiro atoms. The lowest BCUT2D eigenvalue weighted by Crippen LogP contribution is -2.46. The molecule has 1 saturated carbocycles. The summed E-state index contributed by atoms with van der Waals surface area (Å²) < 4.78 is 0.795. The molecule has 0 unspecified atom stereocenters. The molecule has 3 rings (SSSR count). The van der Waals surface area contributed by atoms with E-state index in [1.807, 2.05) is 19.1 Å². The van der Waals surface area contributed by atoms with Crippen molar-refractivity contribution in [1.29, 1.82) is 0 Å². The molecule has 4 nitrogen and oxygen atoms in total. The lowest BCUT2D eigenvalue weighted by molar-refractivity contribution is -0.122. The molecule has 2 fully saturated rings. The van der Waals surface area contributed by atoms with E-state index in [2.05, 4.69) is 15.9 Å². The fourth-order valence-corrected chi connectivity index (χ4v) is 3.44. The molecule has 5 heteroatoms. The van der Waals surface area contributed by atoms with E-state index in [0.29, 0.717) is 18.0 Å². The Bertz CT molecular complexity index is 573. The van der Waals surface area contributed by atoms with Crippen molar-refractivity contribution in [2.75, 3.05) is 6.54 Å². The Kier molecular flexibility index (Phi) is 2.89. The summed E-state index contributed by atoms with van der Waals surface area (Å²) in [4.78, 5) is 25.8. The summed E-state index contributed by atoms with van der Waals surface area (Å²) in [6.07, 6.45) is 1.02. The summed E-state index contributed by atoms with van der Waals surface area (Å²) >= 11 is 3.45. The van der Waals surface area contributed by atoms with Crippen LogP contribution in [0.5, 0.6) is 0 Å². The summed E-state index contributed by atoms with van der Waals surface area (Å²) in [5.41, 5.74) is 7.05. The van der Waals surface area contributed by atoms with Gasteiger partial charge in [-0.2, -0.15) is 0 Å². The molecular formula is C14H15BrN2O2. The number of halogens is 1. The number of amides is 2. The van der Waals surface area contributed by atoms with Gasteiger partial charge >= 0.3 is 0 Å². The summed E-state index contributed by atoms with van der Waals surface area (Å²) in [7, 11) is 0. The van der Waals surface area contributed by atoms with Crippen LogP contribution in [-0.2, 0) is 4.79 Å². The van der Waals surface area contributed by atoms with Gasteiger partial charge in [-0.25, -0.2) is 0 Å². The minimum absolute atomic E-state index is 0.105. The van der Waals surface area contributed by atoms with Crippen LogP contribution in [0.2, 0.25) is 0 Å². The molecule has 2 N–H and O–H groups in total. The van der Waals surface area contributed by atoms with Crippen molar-refractivity contribution >= 4 is 27.7 Å². The number of fused-ring (bicyclic) bond motifs is 1. The van der Waals surface area contributed by atoms with Crippen molar-refractivity contribution in [2.24, 2.45) is 17.6 Å². The smallest absolute Gasteiger partial charge is 0.255 e. The molecular weight excluding hydrogens is 308 g/mol. The number of aryl methyl sites for hydroxylation is 1. The zero-order valence-electron chi connectivity index (χ0n) is 10.6. The Morgan fingerprint density at radius 2 is 2.16 bits per heavy atom. The molecule has 1 aliphatic heterocycles. The number of hydrogen-bond donors (Lipinski definition) is 1. The van der Waals surface area contributed by atoms with E-state index in [4.69, 9.17) is 5.73 Å². The first-order chi connectivity index (χ1) is 9.00. The average Bonchev–Trinajstić information content (AvgIpc) is 3.02. The second-order valence-electron chi connectivity index (χ2n) is 5.40. The maximum absolute atomic E-state index is 12.6. The van der Waals surface area contributed by atoms with Gasteiger partial charge in [0.25, 0.3) is 5.91 Å². The number of benzene rings is 1. The van der Waals surface area contributed by atoms with Crippen LogP contribution in [0.25, 0.3) is 0 Å². The maximum atomic E-state index is 12.6. The van der Waals surface area contributed by atoms with Gasteiger partial charge in [-0.05, 0) is 52.7 Å². The number of carbonyl (C=O) groups is 2. The third-order valence-corrected chi connectivity index (χ3v) is 5.18. The van der Waals surface area contributed by atoms with Gasteiger partial charge in [0.2, 0.25) is 5.91 Å². The van der Waals surface area contributed by atoms with Crippen LogP contribution < -0.4 is 5.73 Å². The first-order valence-corrected chi connectivity index (χ1v) is 7.15. The van der Waals surface area contributed by atoms with Crippen molar-refractivity contribution in [3.05, 3.63) is 33.8 Å². The molecule has 100 valence electrons. The van der Waals surface area contributed by atoms with Gasteiger partial charge in [0, 0.05) is 11.0 Å². The third-order valence-electron chi connectivity index (χ3n) is 4.12. The molecule has 19 heavy (non-hydrogen) atoms. The molecule has 1 saturated heterocycles. The van der Waals surface area contributed by atoms with Gasteiger partial charge in [0.05, 0.1) is 5.56 Å². The number of primary amides is 1. The summed E-state index contributed by atoms with van der Waals surface area (Å²) in [5.74, 6) is 0.253. The highest BCUT2D eigenvalue weighted by molar-refractivity contribution is 9.10. The molecule has 0 bridgehead atoms. The van der Waals surface area contributed by atoms with Crippen molar-refractivity contribution in [3.8, 4) is 0 Å². The molecule has 0 aromatic heterocycles. The van der Waals surface area contributed by atoms with Crippen LogP contribution in [0.15, 0.2) is 22.7 Å². The van der Waals surface area contributed by atoms with E-state index in [9.17, 15) is 9.59 Å². The third kappa shape index (κ3) is 1.96. The largest absolute Gasteiger partial charge is 0.368 e. The predicted octanol–water partition coefficient (Wildman–Crippen LogP) is 1.70. The van der Waals surface area contributed by atoms with Gasteiger partial charge in [0.15, 0.2) is 0 Å². The van der Waals surface area contributed by atoms with Gasteiger partial charge in [-0.3, -0.25) is 9.59 Å². The Morgan fingerprint density at radius 3 is 2.84 bits per heavy atom. The van der Waals surface area contributed by atoms with Gasteiger partial charge in [0.1, 0.15) is 6.04 Å². The first-order valence-electron chi connectivity index (χ1n) is 6.36. The van der Waals surface area contributed by atoms with Crippen LogP contribution in [0.1, 0.15) is 22.3 Å². The number of hydrogen-bond acceptors (Lipinski definition) is 2. The molecule has 0 radical (unpaired) electrons. The minimum atomic E-state index is -0.426. The molecule has 2 amide bonds. The zero-order chi connectivity index (χ0) is 13.7. The number of nitrogens with zero attached hydrogens (tertiary/aromatic N) is 1. The van der Waals surface area contributed by atoms with Crippen LogP contribution in [0.4, 0.5) is 0 Å². The number of carbonyl (C=O) groups excluding carboxylic acids is 2. The standard InChI is InChI=1S/C14H15BrN2O2/c1-7-3-2-4-9(11(7)15)14(19)17-6-8-5-10(8)12(17)13(16)18/h2-4,8,10,12H,5-6H2,1H3,(H2,16,18)/t8-,10-,12+/m1/s1. The van der Waals surface area contributed by atoms with E-state index >= 15 is 0 Å². The van der Waals surface area contributed by atoms with Crippen LogP contribution in [0, 0.1) is 18.8 Å². The number of nitrogens with two attached hydrogens (primary N) is 1. The normalized spacial score (nSPS) is 28.1. The highest BCUT2D eigenvalue weighted by atomic mass is 79.9. The van der Waals surface area contributed by atoms with Gasteiger partial charge in [-0.1, -0.05) is 12.1 Å². The Labute approximate surface area is 120 Å². The van der Waals surface area contributed by atoms with Gasteiger partial charge in [-0.15, -0.1) is 0 Å². The zero-order valence-corrected chi connectivity index (χ0v) is 12.2. The Hall–Kier alpha value is -1.36. The fourth-order valence-electron chi connectivity index (χ4n) is 3.01. The van der Waals surface area contributed by atoms with Crippen LogP contribution >= 0.6 is 15.9 Å². The topological polar surface area (TPSA) is 63.4 Å². The van der Waals surface area contributed by atoms with Crippen molar-refractivity contribution in [2.45, 2.75) is 19.4 Å². The minimum Gasteiger partial charge on any atom is -0.368 e. The van der Waals surface area contributed by atoms with E-state index in [1.54, 1.807) is 11.0 Å². The van der Waals surface area contributed by atoms with E-state index in [-0.39, 0.29) is 17.7 Å². The highest BCUT2D eigenvalue weighted by Crippen LogP contribution is 2.49. The molecule has 1 aromatic carbocycles. The predicted molar refractivity (Wildman–Crippen MR) is 74.5 cm³/mol. The van der Waals surface area contributed by atoms with Crippen LogP contribution in [0.3, 0.4) is 0 Å². The van der Waals surface area contributed by atoms with E-state index in [1.165, 1.54) is 0 Å². The lowest BCUT2D eigenvalue weighted by Gasteiger charge is -2.25. The average molecular weight is 323 g/mol. The quantitative estimate of drug-likeness (QED) is 0.900. The summed E-state index contributed by atoms with van der Waals surface area (Å²) in [6, 6.07) is 5.14. The molecule has 1 aromatic rings. The van der Waals surface area contributed by atoms with E-state index in [0.717, 1.165) is 16.5 Å². The first kappa shape index (κ1) is 12.7. The van der Waals surface area contributed by atoms with E-state index < -0.39 is 6.04 Å². The van der Waals surface area contributed by atoms with Crippen molar-refractivity contribution < 1.29 is 9.59 Å². The monoisotopic (exact) mass is 322 g/mol. The fraction of sp³-hybridized carbons (Fsp3) is 0.429. The Balaban J connectivity index is 1.92. The lowest BCUT2D eigenvalue weighted by atomic mass is 10.1.